The number of nitrogen functional groups attached to an aromatic ring is 1. The van der Waals surface area contributed by atoms with Gasteiger partial charge < -0.3 is 5.73 Å². The van der Waals surface area contributed by atoms with Crippen LogP contribution in [-0.2, 0) is 0 Å². The summed E-state index contributed by atoms with van der Waals surface area (Å²) in [5.41, 5.74) is 7.99. The summed E-state index contributed by atoms with van der Waals surface area (Å²) in [5, 5.41) is 15.7. The standard InChI is InChI=1S/C10H8N6/c11-8-1-2-9-14-15-10(16(9)6-8)7-3-4-12-13-5-7/h1-6H,11H2. The lowest BCUT2D eigenvalue weighted by Gasteiger charge is -1.99. The number of nitrogens with two attached hydrogens (primary N) is 1. The van der Waals surface area contributed by atoms with E-state index in [1.807, 2.05) is 16.5 Å². The van der Waals surface area contributed by atoms with Gasteiger partial charge in [0.15, 0.2) is 11.5 Å². The molecule has 0 fully saturated rings. The minimum absolute atomic E-state index is 0.663. The van der Waals surface area contributed by atoms with Gasteiger partial charge in [0.2, 0.25) is 0 Å². The summed E-state index contributed by atoms with van der Waals surface area (Å²) in [6.45, 7) is 0. The number of fused-ring (bicyclic) bond motifs is 1. The average Bonchev–Trinajstić information content (AvgIpc) is 2.73. The molecular formula is C10H8N6. The molecule has 2 N–H and O–H groups in total. The molecule has 0 radical (unpaired) electrons. The number of nitrogens with zero attached hydrogens (tertiary/aromatic N) is 5. The van der Waals surface area contributed by atoms with Gasteiger partial charge in [-0.05, 0) is 18.2 Å². The van der Waals surface area contributed by atoms with E-state index in [2.05, 4.69) is 20.4 Å². The summed E-state index contributed by atoms with van der Waals surface area (Å²) in [6.07, 6.45) is 5.04. The lowest BCUT2D eigenvalue weighted by Crippen LogP contribution is -1.93. The van der Waals surface area contributed by atoms with Crippen LogP contribution in [0.4, 0.5) is 5.69 Å². The van der Waals surface area contributed by atoms with Crippen LogP contribution in [0.25, 0.3) is 17.0 Å². The molecule has 3 rings (SSSR count). The Hall–Kier alpha value is -2.50. The van der Waals surface area contributed by atoms with Crippen molar-refractivity contribution in [2.45, 2.75) is 0 Å². The van der Waals surface area contributed by atoms with Gasteiger partial charge in [-0.25, -0.2) is 0 Å². The van der Waals surface area contributed by atoms with Gasteiger partial charge in [-0.3, -0.25) is 4.40 Å². The molecule has 0 amide bonds. The first-order valence-electron chi connectivity index (χ1n) is 4.72. The zero-order chi connectivity index (χ0) is 11.0. The van der Waals surface area contributed by atoms with Crippen LogP contribution in [0.3, 0.4) is 0 Å². The second-order valence-corrected chi connectivity index (χ2v) is 3.35. The van der Waals surface area contributed by atoms with E-state index in [1.54, 1.807) is 24.7 Å². The third kappa shape index (κ3) is 1.28. The van der Waals surface area contributed by atoms with Crippen LogP contribution in [0.1, 0.15) is 0 Å². The van der Waals surface area contributed by atoms with E-state index in [1.165, 1.54) is 0 Å². The van der Waals surface area contributed by atoms with E-state index in [4.69, 9.17) is 5.73 Å². The Morgan fingerprint density at radius 3 is 2.81 bits per heavy atom. The van der Waals surface area contributed by atoms with Crippen molar-refractivity contribution in [3.63, 3.8) is 0 Å². The van der Waals surface area contributed by atoms with Crippen molar-refractivity contribution in [3.05, 3.63) is 36.8 Å². The van der Waals surface area contributed by atoms with Gasteiger partial charge in [-0.1, -0.05) is 0 Å². The molecular weight excluding hydrogens is 204 g/mol. The maximum absolute atomic E-state index is 5.73. The van der Waals surface area contributed by atoms with Crippen LogP contribution in [0.15, 0.2) is 36.8 Å². The molecule has 0 saturated heterocycles. The van der Waals surface area contributed by atoms with E-state index in [-0.39, 0.29) is 0 Å². The topological polar surface area (TPSA) is 82.0 Å². The molecule has 0 aromatic carbocycles. The van der Waals surface area contributed by atoms with Crippen molar-refractivity contribution >= 4 is 11.3 Å². The molecule has 0 spiro atoms. The van der Waals surface area contributed by atoms with Gasteiger partial charge in [0.25, 0.3) is 0 Å². The molecule has 0 aliphatic carbocycles. The highest BCUT2D eigenvalue weighted by molar-refractivity contribution is 5.59. The SMILES string of the molecule is Nc1ccc2nnc(-c3ccnnc3)n2c1. The Morgan fingerprint density at radius 1 is 1.06 bits per heavy atom. The van der Waals surface area contributed by atoms with Crippen molar-refractivity contribution in [3.8, 4) is 11.4 Å². The predicted octanol–water partition coefficient (Wildman–Crippen LogP) is 0.768. The molecule has 0 unspecified atom stereocenters. The molecule has 3 heterocycles. The van der Waals surface area contributed by atoms with Gasteiger partial charge in [0.05, 0.1) is 12.4 Å². The van der Waals surface area contributed by atoms with Crippen molar-refractivity contribution < 1.29 is 0 Å². The van der Waals surface area contributed by atoms with E-state index in [0.717, 1.165) is 11.2 Å². The maximum atomic E-state index is 5.73. The van der Waals surface area contributed by atoms with Crippen LogP contribution in [0.5, 0.6) is 0 Å². The number of anilines is 1. The van der Waals surface area contributed by atoms with Crippen LogP contribution in [0.2, 0.25) is 0 Å². The Bertz CT molecular complexity index is 630. The molecule has 0 atom stereocenters. The van der Waals surface area contributed by atoms with Gasteiger partial charge in [0, 0.05) is 17.4 Å². The smallest absolute Gasteiger partial charge is 0.170 e. The summed E-state index contributed by atoms with van der Waals surface area (Å²) in [6, 6.07) is 5.44. The fraction of sp³-hybridized carbons (Fsp3) is 0. The molecule has 6 nitrogen and oxygen atoms in total. The third-order valence-electron chi connectivity index (χ3n) is 2.27. The van der Waals surface area contributed by atoms with Gasteiger partial charge in [0.1, 0.15) is 0 Å². The number of aromatic nitrogens is 5. The van der Waals surface area contributed by atoms with Crippen LogP contribution < -0.4 is 5.73 Å². The zero-order valence-corrected chi connectivity index (χ0v) is 8.28. The monoisotopic (exact) mass is 212 g/mol. The molecule has 3 aromatic rings. The lowest BCUT2D eigenvalue weighted by atomic mass is 10.3. The second kappa shape index (κ2) is 3.27. The van der Waals surface area contributed by atoms with E-state index in [0.29, 0.717) is 11.5 Å². The Balaban J connectivity index is 2.29. The van der Waals surface area contributed by atoms with Gasteiger partial charge >= 0.3 is 0 Å². The highest BCUT2D eigenvalue weighted by Crippen LogP contribution is 2.17. The minimum atomic E-state index is 0.663. The number of hydrogen-bond donors (Lipinski definition) is 1. The van der Waals surface area contributed by atoms with Crippen molar-refractivity contribution in [1.82, 2.24) is 24.8 Å². The van der Waals surface area contributed by atoms with Crippen LogP contribution >= 0.6 is 0 Å². The lowest BCUT2D eigenvalue weighted by molar-refractivity contribution is 1.02. The molecule has 0 bridgehead atoms. The highest BCUT2D eigenvalue weighted by atomic mass is 15.2. The maximum Gasteiger partial charge on any atom is 0.170 e. The van der Waals surface area contributed by atoms with Crippen LogP contribution in [-0.4, -0.2) is 24.8 Å². The quantitative estimate of drug-likeness (QED) is 0.644. The summed E-state index contributed by atoms with van der Waals surface area (Å²) in [5.74, 6) is 0.706. The highest BCUT2D eigenvalue weighted by Gasteiger charge is 2.07. The summed E-state index contributed by atoms with van der Waals surface area (Å²) < 4.78 is 1.83. The van der Waals surface area contributed by atoms with Crippen LogP contribution in [0, 0.1) is 0 Å². The minimum Gasteiger partial charge on any atom is -0.398 e. The molecule has 0 aliphatic rings. The molecule has 6 heteroatoms. The Labute approximate surface area is 90.8 Å². The zero-order valence-electron chi connectivity index (χ0n) is 8.28. The first-order chi connectivity index (χ1) is 7.84. The fourth-order valence-corrected chi connectivity index (χ4v) is 1.53. The first-order valence-corrected chi connectivity index (χ1v) is 4.72. The van der Waals surface area contributed by atoms with Crippen molar-refractivity contribution in [2.24, 2.45) is 0 Å². The number of hydrogen-bond acceptors (Lipinski definition) is 5. The number of pyridine rings is 1. The first kappa shape index (κ1) is 8.78. The third-order valence-corrected chi connectivity index (χ3v) is 2.27. The summed E-state index contributed by atoms with van der Waals surface area (Å²) in [4.78, 5) is 0. The van der Waals surface area contributed by atoms with Gasteiger partial charge in [-0.15, -0.1) is 10.2 Å². The molecule has 0 aliphatic heterocycles. The Kier molecular flexibility index (Phi) is 1.79. The molecule has 0 saturated carbocycles. The fourth-order valence-electron chi connectivity index (χ4n) is 1.53. The largest absolute Gasteiger partial charge is 0.398 e. The summed E-state index contributed by atoms with van der Waals surface area (Å²) >= 11 is 0. The second-order valence-electron chi connectivity index (χ2n) is 3.35. The van der Waals surface area contributed by atoms with Crippen molar-refractivity contribution in [1.29, 1.82) is 0 Å². The molecule has 16 heavy (non-hydrogen) atoms. The van der Waals surface area contributed by atoms with E-state index in [9.17, 15) is 0 Å². The predicted molar refractivity (Wildman–Crippen MR) is 58.4 cm³/mol. The molecule has 78 valence electrons. The van der Waals surface area contributed by atoms with E-state index >= 15 is 0 Å². The normalized spacial score (nSPS) is 10.8. The van der Waals surface area contributed by atoms with Gasteiger partial charge in [-0.2, -0.15) is 10.2 Å². The molecule has 3 aromatic heterocycles. The van der Waals surface area contributed by atoms with Crippen molar-refractivity contribution in [2.75, 3.05) is 5.73 Å². The summed E-state index contributed by atoms with van der Waals surface area (Å²) in [7, 11) is 0. The Morgan fingerprint density at radius 2 is 2.00 bits per heavy atom. The number of rotatable bonds is 1. The van der Waals surface area contributed by atoms with E-state index < -0.39 is 0 Å². The average molecular weight is 212 g/mol.